The van der Waals surface area contributed by atoms with Gasteiger partial charge in [-0.25, -0.2) is 13.2 Å². The molecular weight excluding hydrogens is 329 g/mol. The summed E-state index contributed by atoms with van der Waals surface area (Å²) in [6.07, 6.45) is 2.50. The molecule has 5 heteroatoms. The lowest BCUT2D eigenvalue weighted by atomic mass is 10.0. The third-order valence-electron chi connectivity index (χ3n) is 4.64. The number of halogens is 3. The molecule has 2 aromatic rings. The third kappa shape index (κ3) is 3.20. The van der Waals surface area contributed by atoms with Crippen molar-refractivity contribution in [3.8, 4) is 11.5 Å². The van der Waals surface area contributed by atoms with E-state index in [4.69, 9.17) is 9.47 Å². The van der Waals surface area contributed by atoms with Crippen LogP contribution in [0.15, 0.2) is 24.3 Å². The lowest BCUT2D eigenvalue weighted by Gasteiger charge is -2.18. The predicted molar refractivity (Wildman–Crippen MR) is 87.5 cm³/mol. The zero-order valence-corrected chi connectivity index (χ0v) is 14.2. The molecule has 0 saturated heterocycles. The van der Waals surface area contributed by atoms with Crippen LogP contribution in [0.3, 0.4) is 0 Å². The van der Waals surface area contributed by atoms with E-state index < -0.39 is 28.8 Å². The highest BCUT2D eigenvalue weighted by molar-refractivity contribution is 5.46. The molecule has 0 bridgehead atoms. The van der Waals surface area contributed by atoms with Crippen LogP contribution in [0.2, 0.25) is 0 Å². The van der Waals surface area contributed by atoms with Crippen LogP contribution in [0, 0.1) is 17.5 Å². The molecule has 25 heavy (non-hydrogen) atoms. The van der Waals surface area contributed by atoms with Crippen molar-refractivity contribution < 1.29 is 22.6 Å². The molecule has 1 aliphatic carbocycles. The first kappa shape index (κ1) is 16.3. The number of hydrogen-bond acceptors (Lipinski definition) is 2. The largest absolute Gasteiger partial charge is 0.487 e. The molecular formula is C20H19F3O2. The summed E-state index contributed by atoms with van der Waals surface area (Å²) in [5.41, 5.74) is 1.42. The molecule has 0 radical (unpaired) electrons. The van der Waals surface area contributed by atoms with Crippen molar-refractivity contribution in [3.63, 3.8) is 0 Å². The maximum Gasteiger partial charge on any atom is 0.191 e. The maximum atomic E-state index is 14.2. The summed E-state index contributed by atoms with van der Waals surface area (Å²) in [5.74, 6) is -1.50. The van der Waals surface area contributed by atoms with Crippen molar-refractivity contribution in [1.29, 1.82) is 0 Å². The summed E-state index contributed by atoms with van der Waals surface area (Å²) >= 11 is 0. The van der Waals surface area contributed by atoms with Crippen LogP contribution in [0.5, 0.6) is 11.5 Å². The molecule has 1 aliphatic heterocycles. The van der Waals surface area contributed by atoms with E-state index in [1.54, 1.807) is 0 Å². The van der Waals surface area contributed by atoms with Crippen molar-refractivity contribution in [2.45, 2.75) is 51.2 Å². The topological polar surface area (TPSA) is 18.5 Å². The fraction of sp³-hybridized carbons (Fsp3) is 0.400. The standard InChI is InChI=1S/C20H19F3O2/c1-20(2)9-13-5-15(21)6-14(18(13)25-20)10-24-19-16(22)7-12(8-17(19)23)11-3-4-11/h5-8,11H,3-4,9-10H2,1-2H3. The lowest BCUT2D eigenvalue weighted by Crippen LogP contribution is -2.25. The van der Waals surface area contributed by atoms with Crippen LogP contribution in [-0.2, 0) is 13.0 Å². The Balaban J connectivity index is 1.59. The van der Waals surface area contributed by atoms with Crippen molar-refractivity contribution in [3.05, 3.63) is 58.4 Å². The second-order valence-electron chi connectivity index (χ2n) is 7.47. The minimum Gasteiger partial charge on any atom is -0.487 e. The molecule has 1 fully saturated rings. The van der Waals surface area contributed by atoms with Gasteiger partial charge in [0.05, 0.1) is 0 Å². The molecule has 0 atom stereocenters. The van der Waals surface area contributed by atoms with Crippen LogP contribution >= 0.6 is 0 Å². The Bertz CT molecular complexity index is 818. The van der Waals surface area contributed by atoms with E-state index in [0.29, 0.717) is 23.3 Å². The molecule has 0 amide bonds. The highest BCUT2D eigenvalue weighted by Crippen LogP contribution is 2.42. The zero-order chi connectivity index (χ0) is 17.8. The van der Waals surface area contributed by atoms with Gasteiger partial charge in [0.15, 0.2) is 17.4 Å². The number of benzene rings is 2. The Labute approximate surface area is 144 Å². The van der Waals surface area contributed by atoms with Gasteiger partial charge in [0, 0.05) is 17.5 Å². The Hall–Kier alpha value is -2.17. The second-order valence-corrected chi connectivity index (χ2v) is 7.47. The third-order valence-corrected chi connectivity index (χ3v) is 4.64. The van der Waals surface area contributed by atoms with E-state index in [2.05, 4.69) is 0 Å². The SMILES string of the molecule is CC1(C)Cc2cc(F)cc(COc3c(F)cc(C4CC4)cc3F)c2O1. The van der Waals surface area contributed by atoms with Gasteiger partial charge < -0.3 is 9.47 Å². The number of rotatable bonds is 4. The first-order valence-corrected chi connectivity index (χ1v) is 8.44. The van der Waals surface area contributed by atoms with Crippen LogP contribution in [0.4, 0.5) is 13.2 Å². The Morgan fingerprint density at radius 1 is 1.08 bits per heavy atom. The molecule has 2 nitrogen and oxygen atoms in total. The van der Waals surface area contributed by atoms with Gasteiger partial charge in [-0.1, -0.05) is 0 Å². The first-order valence-electron chi connectivity index (χ1n) is 8.44. The van der Waals surface area contributed by atoms with Gasteiger partial charge in [0.25, 0.3) is 0 Å². The number of hydrogen-bond donors (Lipinski definition) is 0. The van der Waals surface area contributed by atoms with Gasteiger partial charge in [0.2, 0.25) is 0 Å². The highest BCUT2D eigenvalue weighted by atomic mass is 19.1. The minimum atomic E-state index is -0.726. The average molecular weight is 348 g/mol. The van der Waals surface area contributed by atoms with Crippen LogP contribution < -0.4 is 9.47 Å². The van der Waals surface area contributed by atoms with E-state index in [0.717, 1.165) is 18.4 Å². The molecule has 0 aromatic heterocycles. The van der Waals surface area contributed by atoms with E-state index in [1.165, 1.54) is 24.3 Å². The van der Waals surface area contributed by atoms with Crippen molar-refractivity contribution in [2.24, 2.45) is 0 Å². The monoisotopic (exact) mass is 348 g/mol. The summed E-state index contributed by atoms with van der Waals surface area (Å²) in [6.45, 7) is 3.66. The summed E-state index contributed by atoms with van der Waals surface area (Å²) in [6, 6.07) is 5.37. The molecule has 4 rings (SSSR count). The number of fused-ring (bicyclic) bond motifs is 1. The summed E-state index contributed by atoms with van der Waals surface area (Å²) in [4.78, 5) is 0. The Morgan fingerprint density at radius 2 is 1.76 bits per heavy atom. The van der Waals surface area contributed by atoms with Gasteiger partial charge in [-0.05, 0) is 62.4 Å². The molecule has 132 valence electrons. The summed E-state index contributed by atoms with van der Waals surface area (Å²) < 4.78 is 53.5. The van der Waals surface area contributed by atoms with E-state index in [9.17, 15) is 13.2 Å². The van der Waals surface area contributed by atoms with E-state index in [-0.39, 0.29) is 12.5 Å². The van der Waals surface area contributed by atoms with Crippen LogP contribution in [0.25, 0.3) is 0 Å². The fourth-order valence-corrected chi connectivity index (χ4v) is 3.37. The molecule has 1 saturated carbocycles. The minimum absolute atomic E-state index is 0.160. The van der Waals surface area contributed by atoms with E-state index >= 15 is 0 Å². The molecule has 0 N–H and O–H groups in total. The van der Waals surface area contributed by atoms with Crippen LogP contribution in [0.1, 0.15) is 49.3 Å². The maximum absolute atomic E-state index is 14.2. The lowest BCUT2D eigenvalue weighted by molar-refractivity contribution is 0.135. The van der Waals surface area contributed by atoms with Gasteiger partial charge in [-0.2, -0.15) is 0 Å². The fourth-order valence-electron chi connectivity index (χ4n) is 3.37. The molecule has 0 unspecified atom stereocenters. The van der Waals surface area contributed by atoms with Crippen molar-refractivity contribution in [1.82, 2.24) is 0 Å². The Morgan fingerprint density at radius 3 is 2.40 bits per heavy atom. The predicted octanol–water partition coefficient (Wildman–Crippen LogP) is 5.27. The molecule has 0 spiro atoms. The smallest absolute Gasteiger partial charge is 0.191 e. The average Bonchev–Trinajstić information content (AvgIpc) is 3.29. The summed E-state index contributed by atoms with van der Waals surface area (Å²) in [5, 5.41) is 0. The van der Waals surface area contributed by atoms with Gasteiger partial charge in [0.1, 0.15) is 23.8 Å². The second kappa shape index (κ2) is 5.68. The molecule has 2 aliphatic rings. The highest BCUT2D eigenvalue weighted by Gasteiger charge is 2.33. The Kier molecular flexibility index (Phi) is 3.71. The van der Waals surface area contributed by atoms with Crippen molar-refractivity contribution in [2.75, 3.05) is 0 Å². The summed E-state index contributed by atoms with van der Waals surface area (Å²) in [7, 11) is 0. The molecule has 2 aromatic carbocycles. The normalized spacial score (nSPS) is 18.0. The first-order chi connectivity index (χ1) is 11.8. The quantitative estimate of drug-likeness (QED) is 0.749. The van der Waals surface area contributed by atoms with E-state index in [1.807, 2.05) is 13.8 Å². The van der Waals surface area contributed by atoms with Crippen molar-refractivity contribution >= 4 is 0 Å². The van der Waals surface area contributed by atoms with Gasteiger partial charge >= 0.3 is 0 Å². The number of ether oxygens (including phenoxy) is 2. The van der Waals surface area contributed by atoms with Gasteiger partial charge in [-0.15, -0.1) is 0 Å². The zero-order valence-electron chi connectivity index (χ0n) is 14.2. The van der Waals surface area contributed by atoms with Gasteiger partial charge in [-0.3, -0.25) is 0 Å². The van der Waals surface area contributed by atoms with Crippen LogP contribution in [-0.4, -0.2) is 5.60 Å². The molecule has 1 heterocycles.